The average molecular weight is 234 g/mol. The minimum atomic E-state index is 0.767. The maximum Gasteiger partial charge on any atom is 0.108 e. The van der Waals surface area contributed by atoms with E-state index in [4.69, 9.17) is 0 Å². The molecule has 0 atom stereocenters. The van der Waals surface area contributed by atoms with Gasteiger partial charge in [0.15, 0.2) is 0 Å². The molecule has 86 valence electrons. The molecular formula is C13H18N2S. The van der Waals surface area contributed by atoms with Gasteiger partial charge in [-0.25, -0.2) is 4.98 Å². The zero-order valence-electron chi connectivity index (χ0n) is 9.86. The first kappa shape index (κ1) is 11.6. The highest BCUT2D eigenvalue weighted by Crippen LogP contribution is 2.21. The second-order valence-electron chi connectivity index (χ2n) is 4.43. The first-order chi connectivity index (χ1) is 7.75. The van der Waals surface area contributed by atoms with Crippen LogP contribution in [0.3, 0.4) is 0 Å². The number of nitrogens with one attached hydrogen (secondary N) is 1. The molecule has 0 aliphatic heterocycles. The van der Waals surface area contributed by atoms with Gasteiger partial charge in [0.25, 0.3) is 0 Å². The molecule has 0 bridgehead atoms. The monoisotopic (exact) mass is 234 g/mol. The van der Waals surface area contributed by atoms with Gasteiger partial charge in [0.05, 0.1) is 10.2 Å². The molecule has 16 heavy (non-hydrogen) atoms. The number of aromatic nitrogens is 1. The highest BCUT2D eigenvalue weighted by molar-refractivity contribution is 7.18. The van der Waals surface area contributed by atoms with Crippen molar-refractivity contribution in [2.75, 3.05) is 6.54 Å². The van der Waals surface area contributed by atoms with Crippen LogP contribution in [0.4, 0.5) is 0 Å². The Bertz CT molecular complexity index is 415. The zero-order chi connectivity index (χ0) is 11.4. The Morgan fingerprint density at radius 2 is 2.12 bits per heavy atom. The molecule has 0 saturated carbocycles. The number of hydrogen-bond acceptors (Lipinski definition) is 3. The fourth-order valence-electron chi connectivity index (χ4n) is 1.58. The molecule has 3 heteroatoms. The Labute approximate surface area is 101 Å². The highest BCUT2D eigenvalue weighted by Gasteiger charge is 2.02. The maximum absolute atomic E-state index is 4.59. The van der Waals surface area contributed by atoms with Crippen molar-refractivity contribution >= 4 is 21.6 Å². The molecule has 0 fully saturated rings. The second kappa shape index (κ2) is 5.41. The van der Waals surface area contributed by atoms with Crippen LogP contribution in [0.15, 0.2) is 24.3 Å². The van der Waals surface area contributed by atoms with Gasteiger partial charge in [-0.05, 0) is 31.0 Å². The molecule has 0 amide bonds. The van der Waals surface area contributed by atoms with Crippen LogP contribution in [-0.4, -0.2) is 11.5 Å². The lowest BCUT2D eigenvalue weighted by molar-refractivity contribution is 0.537. The third kappa shape index (κ3) is 3.03. The standard InChI is InChI=1S/C13H18N2S/c1-10(2)7-8-14-9-13-15-11-5-3-4-6-12(11)16-13/h3-6,10,14H,7-9H2,1-2H3. The van der Waals surface area contributed by atoms with Crippen molar-refractivity contribution in [2.24, 2.45) is 5.92 Å². The summed E-state index contributed by atoms with van der Waals surface area (Å²) in [6.45, 7) is 6.47. The van der Waals surface area contributed by atoms with Crippen LogP contribution in [0.1, 0.15) is 25.3 Å². The topological polar surface area (TPSA) is 24.9 Å². The van der Waals surface area contributed by atoms with Gasteiger partial charge in [0.1, 0.15) is 5.01 Å². The minimum Gasteiger partial charge on any atom is -0.310 e. The lowest BCUT2D eigenvalue weighted by atomic mass is 10.1. The molecule has 0 aliphatic carbocycles. The molecule has 0 saturated heterocycles. The van der Waals surface area contributed by atoms with Crippen molar-refractivity contribution in [3.05, 3.63) is 29.3 Å². The highest BCUT2D eigenvalue weighted by atomic mass is 32.1. The van der Waals surface area contributed by atoms with E-state index in [1.54, 1.807) is 11.3 Å². The zero-order valence-corrected chi connectivity index (χ0v) is 10.7. The molecule has 0 spiro atoms. The molecule has 1 aromatic heterocycles. The van der Waals surface area contributed by atoms with E-state index in [0.29, 0.717) is 0 Å². The second-order valence-corrected chi connectivity index (χ2v) is 5.55. The molecule has 1 heterocycles. The predicted molar refractivity (Wildman–Crippen MR) is 70.8 cm³/mol. The van der Waals surface area contributed by atoms with Gasteiger partial charge in [-0.3, -0.25) is 0 Å². The third-order valence-electron chi connectivity index (χ3n) is 2.51. The van der Waals surface area contributed by atoms with E-state index < -0.39 is 0 Å². The first-order valence-corrected chi connectivity index (χ1v) is 6.62. The quantitative estimate of drug-likeness (QED) is 0.802. The number of hydrogen-bond donors (Lipinski definition) is 1. The van der Waals surface area contributed by atoms with Crippen LogP contribution in [-0.2, 0) is 6.54 Å². The van der Waals surface area contributed by atoms with E-state index >= 15 is 0 Å². The summed E-state index contributed by atoms with van der Waals surface area (Å²) in [7, 11) is 0. The average Bonchev–Trinajstić information content (AvgIpc) is 2.66. The van der Waals surface area contributed by atoms with Gasteiger partial charge in [0, 0.05) is 6.54 Å². The minimum absolute atomic E-state index is 0.767. The van der Waals surface area contributed by atoms with Gasteiger partial charge < -0.3 is 5.32 Å². The maximum atomic E-state index is 4.59. The number of para-hydroxylation sites is 1. The molecule has 0 aliphatic rings. The molecule has 2 rings (SSSR count). The number of nitrogens with zero attached hydrogens (tertiary/aromatic N) is 1. The van der Waals surface area contributed by atoms with Crippen LogP contribution >= 0.6 is 11.3 Å². The number of rotatable bonds is 5. The van der Waals surface area contributed by atoms with Gasteiger partial charge in [-0.15, -0.1) is 11.3 Å². The summed E-state index contributed by atoms with van der Waals surface area (Å²) in [4.78, 5) is 4.59. The van der Waals surface area contributed by atoms with Crippen molar-refractivity contribution in [3.8, 4) is 0 Å². The largest absolute Gasteiger partial charge is 0.310 e. The Morgan fingerprint density at radius 3 is 2.88 bits per heavy atom. The van der Waals surface area contributed by atoms with E-state index in [9.17, 15) is 0 Å². The number of fused-ring (bicyclic) bond motifs is 1. The normalized spacial score (nSPS) is 11.4. The summed E-state index contributed by atoms with van der Waals surface area (Å²) in [6.07, 6.45) is 1.23. The van der Waals surface area contributed by atoms with Crippen molar-refractivity contribution < 1.29 is 0 Å². The van der Waals surface area contributed by atoms with Gasteiger partial charge in [-0.1, -0.05) is 26.0 Å². The van der Waals surface area contributed by atoms with Gasteiger partial charge in [-0.2, -0.15) is 0 Å². The van der Waals surface area contributed by atoms with Crippen LogP contribution in [0.2, 0.25) is 0 Å². The summed E-state index contributed by atoms with van der Waals surface area (Å²) in [5.74, 6) is 0.767. The van der Waals surface area contributed by atoms with Crippen LogP contribution in [0, 0.1) is 5.92 Å². The fraction of sp³-hybridized carbons (Fsp3) is 0.462. The summed E-state index contributed by atoms with van der Waals surface area (Å²) >= 11 is 1.78. The number of benzene rings is 1. The fourth-order valence-corrected chi connectivity index (χ4v) is 2.52. The molecule has 2 aromatic rings. The summed E-state index contributed by atoms with van der Waals surface area (Å²) in [5.41, 5.74) is 1.12. The predicted octanol–water partition coefficient (Wildman–Crippen LogP) is 3.43. The third-order valence-corrected chi connectivity index (χ3v) is 3.55. The molecular weight excluding hydrogens is 216 g/mol. The van der Waals surface area contributed by atoms with E-state index in [2.05, 4.69) is 42.3 Å². The van der Waals surface area contributed by atoms with E-state index in [-0.39, 0.29) is 0 Å². The molecule has 0 unspecified atom stereocenters. The smallest absolute Gasteiger partial charge is 0.108 e. The summed E-state index contributed by atoms with van der Waals surface area (Å²) < 4.78 is 1.28. The van der Waals surface area contributed by atoms with Gasteiger partial charge >= 0.3 is 0 Å². The van der Waals surface area contributed by atoms with Crippen molar-refractivity contribution in [3.63, 3.8) is 0 Å². The summed E-state index contributed by atoms with van der Waals surface area (Å²) in [5, 5.41) is 4.63. The van der Waals surface area contributed by atoms with Crippen LogP contribution in [0.5, 0.6) is 0 Å². The van der Waals surface area contributed by atoms with Crippen molar-refractivity contribution in [1.29, 1.82) is 0 Å². The summed E-state index contributed by atoms with van der Waals surface area (Å²) in [6, 6.07) is 8.31. The van der Waals surface area contributed by atoms with Crippen LogP contribution in [0.25, 0.3) is 10.2 Å². The van der Waals surface area contributed by atoms with Gasteiger partial charge in [0.2, 0.25) is 0 Å². The number of thiazole rings is 1. The Kier molecular flexibility index (Phi) is 3.91. The first-order valence-electron chi connectivity index (χ1n) is 5.81. The Morgan fingerprint density at radius 1 is 1.31 bits per heavy atom. The lowest BCUT2D eigenvalue weighted by Gasteiger charge is -2.04. The van der Waals surface area contributed by atoms with E-state index in [1.807, 2.05) is 6.07 Å². The van der Waals surface area contributed by atoms with E-state index in [1.165, 1.54) is 16.1 Å². The van der Waals surface area contributed by atoms with Crippen molar-refractivity contribution in [1.82, 2.24) is 10.3 Å². The molecule has 2 nitrogen and oxygen atoms in total. The lowest BCUT2D eigenvalue weighted by Crippen LogP contribution is -2.15. The molecule has 1 N–H and O–H groups in total. The Balaban J connectivity index is 1.89. The molecule has 1 aromatic carbocycles. The van der Waals surface area contributed by atoms with Crippen molar-refractivity contribution in [2.45, 2.75) is 26.8 Å². The van der Waals surface area contributed by atoms with E-state index in [0.717, 1.165) is 24.5 Å². The SMILES string of the molecule is CC(C)CCNCc1nc2ccccc2s1. The van der Waals surface area contributed by atoms with Crippen LogP contribution < -0.4 is 5.32 Å². The molecule has 0 radical (unpaired) electrons. The Hall–Kier alpha value is -0.930.